The van der Waals surface area contributed by atoms with Gasteiger partial charge in [0.25, 0.3) is 0 Å². The van der Waals surface area contributed by atoms with E-state index in [0.717, 1.165) is 6.42 Å². The van der Waals surface area contributed by atoms with E-state index in [-0.39, 0.29) is 0 Å². The maximum Gasteiger partial charge on any atom is 0.323 e. The van der Waals surface area contributed by atoms with Gasteiger partial charge in [-0.1, -0.05) is 13.3 Å². The van der Waals surface area contributed by atoms with Gasteiger partial charge in [0.2, 0.25) is 0 Å². The number of aliphatic carboxylic acids is 1. The number of carboxylic acid groups (broad SMARTS) is 1. The van der Waals surface area contributed by atoms with Crippen molar-refractivity contribution in [2.45, 2.75) is 52.6 Å². The van der Waals surface area contributed by atoms with Crippen molar-refractivity contribution in [1.82, 2.24) is 5.32 Å². The summed E-state index contributed by atoms with van der Waals surface area (Å²) >= 11 is 1.75. The maximum atomic E-state index is 11.3. The van der Waals surface area contributed by atoms with Crippen LogP contribution < -0.4 is 5.32 Å². The predicted molar refractivity (Wildman–Crippen MR) is 71.6 cm³/mol. The van der Waals surface area contributed by atoms with Crippen molar-refractivity contribution in [2.75, 3.05) is 0 Å². The van der Waals surface area contributed by atoms with Crippen molar-refractivity contribution in [2.24, 2.45) is 0 Å². The fourth-order valence-corrected chi connectivity index (χ4v) is 2.87. The van der Waals surface area contributed by atoms with Crippen LogP contribution in [0, 0.1) is 13.8 Å². The molecular weight excluding hydrogens is 234 g/mol. The van der Waals surface area contributed by atoms with Gasteiger partial charge >= 0.3 is 5.97 Å². The van der Waals surface area contributed by atoms with Crippen LogP contribution in [0.1, 0.15) is 42.0 Å². The Morgan fingerprint density at radius 3 is 2.59 bits per heavy atom. The van der Waals surface area contributed by atoms with Gasteiger partial charge in [0.1, 0.15) is 5.54 Å². The molecule has 0 saturated carbocycles. The van der Waals surface area contributed by atoms with Crippen LogP contribution in [0.25, 0.3) is 0 Å². The van der Waals surface area contributed by atoms with Gasteiger partial charge in [0.15, 0.2) is 0 Å². The number of carboxylic acids is 1. The summed E-state index contributed by atoms with van der Waals surface area (Å²) in [5.74, 6) is -0.774. The summed E-state index contributed by atoms with van der Waals surface area (Å²) in [6.07, 6.45) is 1.50. The van der Waals surface area contributed by atoms with Gasteiger partial charge in [-0.05, 0) is 38.8 Å². The van der Waals surface area contributed by atoms with E-state index in [1.807, 2.05) is 6.92 Å². The molecule has 0 saturated heterocycles. The molecular formula is C13H21NO2S. The monoisotopic (exact) mass is 255 g/mol. The Morgan fingerprint density at radius 1 is 1.53 bits per heavy atom. The van der Waals surface area contributed by atoms with Crippen molar-refractivity contribution in [3.05, 3.63) is 21.4 Å². The molecule has 0 aliphatic carbocycles. The third-order valence-corrected chi connectivity index (χ3v) is 4.04. The molecule has 0 amide bonds. The normalized spacial score (nSPS) is 14.6. The van der Waals surface area contributed by atoms with E-state index in [1.54, 1.807) is 18.3 Å². The molecule has 17 heavy (non-hydrogen) atoms. The summed E-state index contributed by atoms with van der Waals surface area (Å²) in [6.45, 7) is 8.53. The van der Waals surface area contributed by atoms with Gasteiger partial charge < -0.3 is 5.11 Å². The van der Waals surface area contributed by atoms with Gasteiger partial charge in [-0.3, -0.25) is 10.1 Å². The first-order valence-corrected chi connectivity index (χ1v) is 6.75. The lowest BCUT2D eigenvalue weighted by Crippen LogP contribution is -2.48. The molecule has 0 spiro atoms. The van der Waals surface area contributed by atoms with Crippen molar-refractivity contribution in [3.8, 4) is 0 Å². The Bertz CT molecular complexity index is 400. The maximum absolute atomic E-state index is 11.3. The molecule has 2 N–H and O–H groups in total. The average Bonchev–Trinajstić information content (AvgIpc) is 2.54. The molecule has 1 unspecified atom stereocenters. The molecule has 4 heteroatoms. The Balaban J connectivity index is 2.70. The van der Waals surface area contributed by atoms with Gasteiger partial charge in [-0.2, -0.15) is 0 Å². The summed E-state index contributed by atoms with van der Waals surface area (Å²) < 4.78 is 0. The SMILES string of the molecule is CCCC(C)(NCc1cc(C)sc1C)C(=O)O. The fourth-order valence-electron chi connectivity index (χ4n) is 1.92. The smallest absolute Gasteiger partial charge is 0.323 e. The molecule has 0 aliphatic rings. The second-order valence-electron chi connectivity index (χ2n) is 4.68. The molecule has 1 rings (SSSR count). The van der Waals surface area contributed by atoms with E-state index in [4.69, 9.17) is 0 Å². The third kappa shape index (κ3) is 3.54. The van der Waals surface area contributed by atoms with Crippen LogP contribution in [-0.4, -0.2) is 16.6 Å². The molecule has 1 heterocycles. The molecule has 3 nitrogen and oxygen atoms in total. The quantitative estimate of drug-likeness (QED) is 0.821. The third-order valence-electron chi connectivity index (χ3n) is 3.03. The topological polar surface area (TPSA) is 49.3 Å². The van der Waals surface area contributed by atoms with Crippen LogP contribution in [0.15, 0.2) is 6.07 Å². The van der Waals surface area contributed by atoms with Gasteiger partial charge in [0.05, 0.1) is 0 Å². The second-order valence-corrected chi connectivity index (χ2v) is 6.14. The molecule has 1 aromatic rings. The van der Waals surface area contributed by atoms with E-state index in [1.165, 1.54) is 15.3 Å². The van der Waals surface area contributed by atoms with Gasteiger partial charge in [-0.25, -0.2) is 0 Å². The summed E-state index contributed by atoms with van der Waals surface area (Å²) in [4.78, 5) is 13.8. The lowest BCUT2D eigenvalue weighted by molar-refractivity contribution is -0.144. The first-order chi connectivity index (χ1) is 7.89. The Morgan fingerprint density at radius 2 is 2.18 bits per heavy atom. The second kappa shape index (κ2) is 5.65. The lowest BCUT2D eigenvalue weighted by atomic mass is 9.96. The number of rotatable bonds is 6. The number of hydrogen-bond acceptors (Lipinski definition) is 3. The summed E-state index contributed by atoms with van der Waals surface area (Å²) in [5, 5.41) is 12.4. The standard InChI is InChI=1S/C13H21NO2S/c1-5-6-13(4,12(15)16)14-8-11-7-9(2)17-10(11)3/h7,14H,5-6,8H2,1-4H3,(H,15,16). The molecule has 0 radical (unpaired) electrons. The van der Waals surface area contributed by atoms with E-state index in [2.05, 4.69) is 25.2 Å². The van der Waals surface area contributed by atoms with Crippen LogP contribution in [0.5, 0.6) is 0 Å². The molecule has 0 aliphatic heterocycles. The van der Waals surface area contributed by atoms with Gasteiger partial charge in [0, 0.05) is 16.3 Å². The number of aryl methyl sites for hydroxylation is 2. The van der Waals surface area contributed by atoms with Crippen LogP contribution in [0.3, 0.4) is 0 Å². The number of hydrogen-bond donors (Lipinski definition) is 2. The minimum absolute atomic E-state index is 0.624. The fraction of sp³-hybridized carbons (Fsp3) is 0.615. The molecule has 0 bridgehead atoms. The zero-order chi connectivity index (χ0) is 13.1. The number of nitrogens with one attached hydrogen (secondary N) is 1. The van der Waals surface area contributed by atoms with Crippen LogP contribution in [0.2, 0.25) is 0 Å². The van der Waals surface area contributed by atoms with Crippen molar-refractivity contribution in [3.63, 3.8) is 0 Å². The highest BCUT2D eigenvalue weighted by Gasteiger charge is 2.31. The number of carbonyl (C=O) groups is 1. The Kier molecular flexibility index (Phi) is 4.71. The minimum atomic E-state index is -0.822. The van der Waals surface area contributed by atoms with E-state index < -0.39 is 11.5 Å². The van der Waals surface area contributed by atoms with Gasteiger partial charge in [-0.15, -0.1) is 11.3 Å². The van der Waals surface area contributed by atoms with Crippen molar-refractivity contribution < 1.29 is 9.90 Å². The average molecular weight is 255 g/mol. The highest BCUT2D eigenvalue weighted by Crippen LogP contribution is 2.22. The van der Waals surface area contributed by atoms with E-state index in [9.17, 15) is 9.90 Å². The summed E-state index contributed by atoms with van der Waals surface area (Å²) in [6, 6.07) is 2.13. The zero-order valence-corrected chi connectivity index (χ0v) is 11.8. The Hall–Kier alpha value is -0.870. The highest BCUT2D eigenvalue weighted by molar-refractivity contribution is 7.12. The summed E-state index contributed by atoms with van der Waals surface area (Å²) in [7, 11) is 0. The Labute approximate surface area is 107 Å². The molecule has 96 valence electrons. The van der Waals surface area contributed by atoms with Crippen molar-refractivity contribution >= 4 is 17.3 Å². The van der Waals surface area contributed by atoms with E-state index >= 15 is 0 Å². The predicted octanol–water partition coefficient (Wildman–Crippen LogP) is 3.10. The molecule has 1 atom stereocenters. The molecule has 0 aromatic carbocycles. The first kappa shape index (κ1) is 14.2. The largest absolute Gasteiger partial charge is 0.480 e. The van der Waals surface area contributed by atoms with Crippen molar-refractivity contribution in [1.29, 1.82) is 0 Å². The van der Waals surface area contributed by atoms with E-state index in [0.29, 0.717) is 13.0 Å². The zero-order valence-electron chi connectivity index (χ0n) is 11.0. The first-order valence-electron chi connectivity index (χ1n) is 5.93. The van der Waals surface area contributed by atoms with Crippen LogP contribution in [-0.2, 0) is 11.3 Å². The van der Waals surface area contributed by atoms with Crippen LogP contribution in [0.4, 0.5) is 0 Å². The molecule has 0 fully saturated rings. The molecule has 1 aromatic heterocycles. The number of thiophene rings is 1. The minimum Gasteiger partial charge on any atom is -0.480 e. The van der Waals surface area contributed by atoms with Crippen LogP contribution >= 0.6 is 11.3 Å². The summed E-state index contributed by atoms with van der Waals surface area (Å²) in [5.41, 5.74) is 0.382. The lowest BCUT2D eigenvalue weighted by Gasteiger charge is -2.25. The highest BCUT2D eigenvalue weighted by atomic mass is 32.1.